The van der Waals surface area contributed by atoms with Gasteiger partial charge in [0.05, 0.1) is 16.6 Å². The summed E-state index contributed by atoms with van der Waals surface area (Å²) in [5, 5.41) is 6.22. The summed E-state index contributed by atoms with van der Waals surface area (Å²) in [4.78, 5) is 5.06. The van der Waals surface area contributed by atoms with Crippen molar-refractivity contribution in [2.24, 2.45) is 0 Å². The first kappa shape index (κ1) is 27.8. The van der Waals surface area contributed by atoms with Gasteiger partial charge in [-0.05, 0) is 64.7 Å². The van der Waals surface area contributed by atoms with Crippen LogP contribution in [0.2, 0.25) is 0 Å². The van der Waals surface area contributed by atoms with Crippen LogP contribution in [0.1, 0.15) is 12.8 Å². The number of para-hydroxylation sites is 2. The first-order chi connectivity index (χ1) is 23.2. The maximum Gasteiger partial charge on any atom is 0.170 e. The van der Waals surface area contributed by atoms with Gasteiger partial charge in [0, 0.05) is 26.7 Å². The number of fused-ring (bicyclic) bond motifs is 8. The number of nitrogens with zero attached hydrogens (tertiary/aromatic N) is 2. The first-order valence-corrected chi connectivity index (χ1v) is 17.9. The highest BCUT2D eigenvalue weighted by Crippen LogP contribution is 2.53. The Hall–Kier alpha value is -5.50. The minimum absolute atomic E-state index is 0.861. The van der Waals surface area contributed by atoms with Gasteiger partial charge in [-0.1, -0.05) is 140 Å². The summed E-state index contributed by atoms with van der Waals surface area (Å²) in [6.45, 7) is 0. The van der Waals surface area contributed by atoms with Gasteiger partial charge in [0.1, 0.15) is 5.65 Å². The van der Waals surface area contributed by atoms with E-state index in [4.69, 9.17) is 4.98 Å². The summed E-state index contributed by atoms with van der Waals surface area (Å²) in [6, 6.07) is 50.7. The molecule has 9 rings (SSSR count). The minimum atomic E-state index is -2.98. The molecule has 0 amide bonds. The van der Waals surface area contributed by atoms with Crippen molar-refractivity contribution in [3.8, 4) is 22.3 Å². The van der Waals surface area contributed by atoms with E-state index >= 15 is 0 Å². The Labute approximate surface area is 273 Å². The lowest BCUT2D eigenvalue weighted by Crippen LogP contribution is -2.17. The molecule has 0 N–H and O–H groups in total. The second-order valence-corrected chi connectivity index (χ2v) is 15.0. The van der Waals surface area contributed by atoms with Gasteiger partial charge in [0.25, 0.3) is 0 Å². The molecule has 6 aromatic carbocycles. The van der Waals surface area contributed by atoms with Crippen LogP contribution in [0.15, 0.2) is 169 Å². The molecule has 224 valence electrons. The highest BCUT2D eigenvalue weighted by Gasteiger charge is 2.31. The van der Waals surface area contributed by atoms with E-state index in [-0.39, 0.29) is 0 Å². The quantitative estimate of drug-likeness (QED) is 0.141. The van der Waals surface area contributed by atoms with Crippen molar-refractivity contribution in [1.29, 1.82) is 0 Å². The van der Waals surface area contributed by atoms with Crippen LogP contribution in [0.25, 0.3) is 60.6 Å². The third kappa shape index (κ3) is 4.50. The third-order valence-corrected chi connectivity index (χ3v) is 12.6. The predicted molar refractivity (Wildman–Crippen MR) is 198 cm³/mol. The molecule has 47 heavy (non-hydrogen) atoms. The Morgan fingerprint density at radius 1 is 0.532 bits per heavy atom. The molecule has 4 heteroatoms. The fourth-order valence-electron chi connectivity index (χ4n) is 7.15. The van der Waals surface area contributed by atoms with Crippen LogP contribution in [-0.4, -0.2) is 9.38 Å². The normalized spacial score (nSPS) is 14.5. The van der Waals surface area contributed by atoms with Gasteiger partial charge < -0.3 is 4.57 Å². The summed E-state index contributed by atoms with van der Waals surface area (Å²) < 4.78 is 17.2. The van der Waals surface area contributed by atoms with Crippen molar-refractivity contribution < 1.29 is 4.57 Å². The molecule has 1 unspecified atom stereocenters. The smallest absolute Gasteiger partial charge is 0.170 e. The molecule has 0 spiro atoms. The van der Waals surface area contributed by atoms with E-state index in [2.05, 4.69) is 132 Å². The van der Waals surface area contributed by atoms with Crippen molar-refractivity contribution >= 4 is 56.1 Å². The standard InChI is InChI=1S/C43H31N2OP/c46-47(34-14-3-1-4-15-34,35-16-5-2-6-17-35)36-25-22-30(23-26-36)31-12-11-13-32(28-31)33-24-27-38-37-18-7-8-19-39(37)43-44-40-20-9-10-21-41(40)45(43)42(38)29-33/h1,3-5,7-29H,2,6H2. The lowest BCUT2D eigenvalue weighted by atomic mass is 9.97. The van der Waals surface area contributed by atoms with E-state index in [1.54, 1.807) is 0 Å². The fourth-order valence-corrected chi connectivity index (χ4v) is 9.90. The van der Waals surface area contributed by atoms with Gasteiger partial charge in [0.2, 0.25) is 0 Å². The van der Waals surface area contributed by atoms with Crippen LogP contribution in [0, 0.1) is 0 Å². The third-order valence-electron chi connectivity index (χ3n) is 9.48. The molecule has 0 bridgehead atoms. The largest absolute Gasteiger partial charge is 0.309 e. The van der Waals surface area contributed by atoms with Crippen LogP contribution in [0.3, 0.4) is 0 Å². The van der Waals surface area contributed by atoms with E-state index in [1.165, 1.54) is 10.8 Å². The van der Waals surface area contributed by atoms with E-state index in [0.29, 0.717) is 0 Å². The van der Waals surface area contributed by atoms with Crippen LogP contribution in [-0.2, 0) is 4.57 Å². The van der Waals surface area contributed by atoms with Gasteiger partial charge in [0.15, 0.2) is 7.14 Å². The number of aromatic nitrogens is 2. The Morgan fingerprint density at radius 2 is 1.21 bits per heavy atom. The zero-order chi connectivity index (χ0) is 31.4. The van der Waals surface area contributed by atoms with Crippen molar-refractivity contribution in [3.05, 3.63) is 169 Å². The maximum atomic E-state index is 14.9. The molecule has 0 saturated carbocycles. The van der Waals surface area contributed by atoms with E-state index in [1.807, 2.05) is 36.4 Å². The van der Waals surface area contributed by atoms with Crippen LogP contribution >= 0.6 is 7.14 Å². The van der Waals surface area contributed by atoms with Crippen molar-refractivity contribution in [1.82, 2.24) is 9.38 Å². The number of hydrogen-bond acceptors (Lipinski definition) is 2. The lowest BCUT2D eigenvalue weighted by Gasteiger charge is -2.22. The van der Waals surface area contributed by atoms with Crippen molar-refractivity contribution in [2.45, 2.75) is 12.8 Å². The number of hydrogen-bond donors (Lipinski definition) is 0. The molecule has 0 fully saturated rings. The number of pyridine rings is 1. The van der Waals surface area contributed by atoms with E-state index in [0.717, 1.165) is 78.6 Å². The highest BCUT2D eigenvalue weighted by molar-refractivity contribution is 7.82. The SMILES string of the molecule is O=P(C1=CCCC=C1)(c1ccccc1)c1ccc(-c2cccc(-c3ccc4c5ccccc5c5nc6ccccc6n5c4c3)c2)cc1. The van der Waals surface area contributed by atoms with E-state index < -0.39 is 7.14 Å². The first-order valence-electron chi connectivity index (χ1n) is 16.1. The number of rotatable bonds is 5. The Kier molecular flexibility index (Phi) is 6.55. The molecular formula is C43H31N2OP. The molecule has 3 nitrogen and oxygen atoms in total. The Morgan fingerprint density at radius 3 is 2.02 bits per heavy atom. The molecule has 0 aliphatic heterocycles. The summed E-state index contributed by atoms with van der Waals surface area (Å²) in [5.41, 5.74) is 8.73. The summed E-state index contributed by atoms with van der Waals surface area (Å²) in [6.07, 6.45) is 8.26. The van der Waals surface area contributed by atoms with Gasteiger partial charge >= 0.3 is 0 Å². The minimum Gasteiger partial charge on any atom is -0.309 e. The van der Waals surface area contributed by atoms with E-state index in [9.17, 15) is 4.57 Å². The zero-order valence-electron chi connectivity index (χ0n) is 25.8. The van der Waals surface area contributed by atoms with Gasteiger partial charge in [-0.25, -0.2) is 4.98 Å². The maximum absolute atomic E-state index is 14.9. The van der Waals surface area contributed by atoms with Gasteiger partial charge in [-0.15, -0.1) is 0 Å². The molecule has 2 aromatic heterocycles. The number of benzene rings is 6. The zero-order valence-corrected chi connectivity index (χ0v) is 26.6. The molecule has 0 saturated heterocycles. The molecule has 2 heterocycles. The van der Waals surface area contributed by atoms with Crippen LogP contribution in [0.5, 0.6) is 0 Å². The van der Waals surface area contributed by atoms with Crippen molar-refractivity contribution in [2.75, 3.05) is 0 Å². The average Bonchev–Trinajstić information content (AvgIpc) is 3.56. The average molecular weight is 623 g/mol. The Balaban J connectivity index is 1.15. The summed E-state index contributed by atoms with van der Waals surface area (Å²) in [7, 11) is -2.98. The monoisotopic (exact) mass is 622 g/mol. The molecule has 1 aliphatic carbocycles. The molecule has 1 aliphatic rings. The van der Waals surface area contributed by atoms with Crippen LogP contribution < -0.4 is 10.6 Å². The highest BCUT2D eigenvalue weighted by atomic mass is 31.2. The lowest BCUT2D eigenvalue weighted by molar-refractivity contribution is 0.591. The summed E-state index contributed by atoms with van der Waals surface area (Å²) >= 11 is 0. The molecule has 1 atom stereocenters. The van der Waals surface area contributed by atoms with Gasteiger partial charge in [-0.2, -0.15) is 0 Å². The second-order valence-electron chi connectivity index (χ2n) is 12.2. The summed E-state index contributed by atoms with van der Waals surface area (Å²) in [5.74, 6) is 0. The number of imidazole rings is 1. The molecular weight excluding hydrogens is 591 g/mol. The fraction of sp³-hybridized carbons (Fsp3) is 0.0465. The number of allylic oxidation sites excluding steroid dienone is 4. The van der Waals surface area contributed by atoms with Gasteiger partial charge in [-0.3, -0.25) is 4.40 Å². The Bertz CT molecular complexity index is 2590. The molecule has 8 aromatic rings. The van der Waals surface area contributed by atoms with Crippen LogP contribution in [0.4, 0.5) is 0 Å². The topological polar surface area (TPSA) is 34.4 Å². The van der Waals surface area contributed by atoms with Crippen molar-refractivity contribution in [3.63, 3.8) is 0 Å². The second kappa shape index (κ2) is 11.1. The predicted octanol–water partition coefficient (Wildman–Crippen LogP) is 10.7. The molecule has 0 radical (unpaired) electrons.